The number of nitrogens with one attached hydrogen (secondary N) is 1. The maximum Gasteiger partial charge on any atom is 0.407 e. The third-order valence-corrected chi connectivity index (χ3v) is 4.27. The van der Waals surface area contributed by atoms with Crippen molar-refractivity contribution in [3.63, 3.8) is 0 Å². The molecule has 2 aliphatic rings. The van der Waals surface area contributed by atoms with Crippen molar-refractivity contribution in [2.45, 2.75) is 31.5 Å². The summed E-state index contributed by atoms with van der Waals surface area (Å²) >= 11 is 0. The molecular formula is C14H17FN2O2. The van der Waals surface area contributed by atoms with Gasteiger partial charge in [-0.3, -0.25) is 0 Å². The van der Waals surface area contributed by atoms with Gasteiger partial charge in [0.05, 0.1) is 0 Å². The molecule has 1 amide bonds. The number of carboxylic acid groups (broad SMARTS) is 1. The second-order valence-electron chi connectivity index (χ2n) is 5.43. The van der Waals surface area contributed by atoms with Gasteiger partial charge in [0.15, 0.2) is 0 Å². The van der Waals surface area contributed by atoms with E-state index in [0.717, 1.165) is 18.4 Å². The predicted molar refractivity (Wildman–Crippen MR) is 68.3 cm³/mol. The van der Waals surface area contributed by atoms with Crippen molar-refractivity contribution in [1.82, 2.24) is 10.2 Å². The van der Waals surface area contributed by atoms with Crippen LogP contribution >= 0.6 is 0 Å². The molecule has 0 radical (unpaired) electrons. The molecule has 19 heavy (non-hydrogen) atoms. The minimum atomic E-state index is -0.801. The molecule has 1 heterocycles. The Labute approximate surface area is 111 Å². The Kier molecular flexibility index (Phi) is 3.14. The van der Waals surface area contributed by atoms with E-state index in [1.54, 1.807) is 17.0 Å². The first-order valence-corrected chi connectivity index (χ1v) is 6.61. The summed E-state index contributed by atoms with van der Waals surface area (Å²) in [5, 5.41) is 12.5. The van der Waals surface area contributed by atoms with Crippen molar-refractivity contribution in [1.29, 1.82) is 0 Å². The van der Waals surface area contributed by atoms with Gasteiger partial charge in [-0.05, 0) is 36.5 Å². The van der Waals surface area contributed by atoms with E-state index in [9.17, 15) is 9.18 Å². The molecular weight excluding hydrogens is 247 g/mol. The fourth-order valence-electron chi connectivity index (χ4n) is 3.29. The highest BCUT2D eigenvalue weighted by atomic mass is 19.1. The van der Waals surface area contributed by atoms with Crippen molar-refractivity contribution < 1.29 is 14.3 Å². The molecule has 2 N–H and O–H groups in total. The Morgan fingerprint density at radius 3 is 2.68 bits per heavy atom. The number of likely N-dealkylation sites (tertiary alicyclic amines) is 1. The molecule has 2 fully saturated rings. The summed E-state index contributed by atoms with van der Waals surface area (Å²) in [5.74, 6) is 0.197. The van der Waals surface area contributed by atoms with Crippen LogP contribution in [0.3, 0.4) is 0 Å². The van der Waals surface area contributed by atoms with Gasteiger partial charge in [0.1, 0.15) is 5.82 Å². The summed E-state index contributed by atoms with van der Waals surface area (Å²) < 4.78 is 12.8. The number of rotatable bonds is 3. The number of hydrogen-bond donors (Lipinski definition) is 2. The first kappa shape index (κ1) is 12.4. The summed E-state index contributed by atoms with van der Waals surface area (Å²) in [6, 6.07) is 7.03. The summed E-state index contributed by atoms with van der Waals surface area (Å²) in [6.07, 6.45) is 1.05. The molecule has 1 aliphatic carbocycles. The van der Waals surface area contributed by atoms with E-state index in [0.29, 0.717) is 25.0 Å². The summed E-state index contributed by atoms with van der Waals surface area (Å²) in [5.41, 5.74) is 1.05. The van der Waals surface area contributed by atoms with Crippen LogP contribution in [0, 0.1) is 11.7 Å². The third-order valence-electron chi connectivity index (χ3n) is 4.27. The van der Waals surface area contributed by atoms with Crippen LogP contribution in [0.15, 0.2) is 24.3 Å². The van der Waals surface area contributed by atoms with E-state index >= 15 is 0 Å². The number of carbonyl (C=O) groups is 1. The van der Waals surface area contributed by atoms with Crippen LogP contribution in [0.1, 0.15) is 18.4 Å². The van der Waals surface area contributed by atoms with Gasteiger partial charge in [0.2, 0.25) is 0 Å². The van der Waals surface area contributed by atoms with E-state index in [-0.39, 0.29) is 11.9 Å². The first-order valence-electron chi connectivity index (χ1n) is 6.61. The van der Waals surface area contributed by atoms with Crippen LogP contribution in [0.4, 0.5) is 9.18 Å². The molecule has 1 saturated carbocycles. The molecule has 1 saturated heterocycles. The zero-order valence-electron chi connectivity index (χ0n) is 10.6. The fourth-order valence-corrected chi connectivity index (χ4v) is 3.29. The largest absolute Gasteiger partial charge is 0.465 e. The van der Waals surface area contributed by atoms with Crippen LogP contribution in [0.2, 0.25) is 0 Å². The van der Waals surface area contributed by atoms with Gasteiger partial charge < -0.3 is 15.3 Å². The standard InChI is InChI=1S/C14H17FN2O2/c15-11-3-1-9(2-4-11)7-16-13-6-12-5-10(13)8-17(12)14(18)19/h1-4,10,12-13,16H,5-8H2,(H,18,19)/t10-,12-,13-/m1/s1. The molecule has 1 aliphatic heterocycles. The number of piperidine rings is 1. The van der Waals surface area contributed by atoms with Gasteiger partial charge in [0.25, 0.3) is 0 Å². The zero-order chi connectivity index (χ0) is 13.4. The summed E-state index contributed by atoms with van der Waals surface area (Å²) in [4.78, 5) is 12.5. The van der Waals surface area contributed by atoms with Gasteiger partial charge in [-0.15, -0.1) is 0 Å². The normalized spacial score (nSPS) is 28.9. The molecule has 0 aromatic heterocycles. The van der Waals surface area contributed by atoms with Gasteiger partial charge >= 0.3 is 6.09 Å². The fraction of sp³-hybridized carbons (Fsp3) is 0.500. The quantitative estimate of drug-likeness (QED) is 0.878. The SMILES string of the molecule is O=C(O)N1C[C@H]2C[C@@H]1C[C@H]2NCc1ccc(F)cc1. The Morgan fingerprint density at radius 2 is 2.11 bits per heavy atom. The van der Waals surface area contributed by atoms with Crippen LogP contribution in [-0.2, 0) is 6.54 Å². The molecule has 0 spiro atoms. The highest BCUT2D eigenvalue weighted by Crippen LogP contribution is 2.37. The Morgan fingerprint density at radius 1 is 1.37 bits per heavy atom. The lowest BCUT2D eigenvalue weighted by Gasteiger charge is -2.30. The van der Waals surface area contributed by atoms with E-state index in [2.05, 4.69) is 5.32 Å². The molecule has 4 nitrogen and oxygen atoms in total. The predicted octanol–water partition coefficient (Wildman–Crippen LogP) is 2.06. The highest BCUT2D eigenvalue weighted by Gasteiger charge is 2.46. The smallest absolute Gasteiger partial charge is 0.407 e. The van der Waals surface area contributed by atoms with Crippen LogP contribution in [0.5, 0.6) is 0 Å². The first-order chi connectivity index (χ1) is 9.13. The van der Waals surface area contributed by atoms with Crippen molar-refractivity contribution in [3.8, 4) is 0 Å². The van der Waals surface area contributed by atoms with Gasteiger partial charge in [-0.25, -0.2) is 9.18 Å². The minimum Gasteiger partial charge on any atom is -0.465 e. The average Bonchev–Trinajstić information content (AvgIpc) is 2.97. The van der Waals surface area contributed by atoms with Crippen molar-refractivity contribution in [2.75, 3.05) is 6.54 Å². The zero-order valence-corrected chi connectivity index (χ0v) is 10.6. The van der Waals surface area contributed by atoms with Crippen LogP contribution in [-0.4, -0.2) is 34.7 Å². The Hall–Kier alpha value is -1.62. The van der Waals surface area contributed by atoms with E-state index < -0.39 is 6.09 Å². The van der Waals surface area contributed by atoms with Crippen molar-refractivity contribution in [2.24, 2.45) is 5.92 Å². The molecule has 1 aromatic rings. The van der Waals surface area contributed by atoms with E-state index in [4.69, 9.17) is 5.11 Å². The second-order valence-corrected chi connectivity index (χ2v) is 5.43. The number of nitrogens with zero attached hydrogens (tertiary/aromatic N) is 1. The van der Waals surface area contributed by atoms with E-state index in [1.807, 2.05) is 0 Å². The molecule has 102 valence electrons. The molecule has 0 unspecified atom stereocenters. The maximum atomic E-state index is 12.8. The topological polar surface area (TPSA) is 52.6 Å². The van der Waals surface area contributed by atoms with E-state index in [1.165, 1.54) is 12.1 Å². The van der Waals surface area contributed by atoms with Gasteiger partial charge in [-0.1, -0.05) is 12.1 Å². The summed E-state index contributed by atoms with van der Waals surface area (Å²) in [6.45, 7) is 1.35. The van der Waals surface area contributed by atoms with Crippen molar-refractivity contribution in [3.05, 3.63) is 35.6 Å². The lowest BCUT2D eigenvalue weighted by molar-refractivity contribution is 0.124. The lowest BCUT2D eigenvalue weighted by Crippen LogP contribution is -2.45. The third kappa shape index (κ3) is 2.42. The maximum absolute atomic E-state index is 12.8. The highest BCUT2D eigenvalue weighted by molar-refractivity contribution is 5.66. The number of halogens is 1. The monoisotopic (exact) mass is 264 g/mol. The molecule has 3 rings (SSSR count). The average molecular weight is 264 g/mol. The van der Waals surface area contributed by atoms with Crippen LogP contribution in [0.25, 0.3) is 0 Å². The Bertz CT molecular complexity index is 477. The van der Waals surface area contributed by atoms with Crippen molar-refractivity contribution >= 4 is 6.09 Å². The lowest BCUT2D eigenvalue weighted by atomic mass is 10.0. The number of benzene rings is 1. The number of amides is 1. The number of fused-ring (bicyclic) bond motifs is 2. The Balaban J connectivity index is 1.54. The minimum absolute atomic E-state index is 0.174. The van der Waals surface area contributed by atoms with Gasteiger partial charge in [-0.2, -0.15) is 0 Å². The second kappa shape index (κ2) is 4.81. The molecule has 1 aromatic carbocycles. The summed E-state index contributed by atoms with van der Waals surface area (Å²) in [7, 11) is 0. The molecule has 2 bridgehead atoms. The van der Waals surface area contributed by atoms with Crippen LogP contribution < -0.4 is 5.32 Å². The molecule has 5 heteroatoms. The number of hydrogen-bond acceptors (Lipinski definition) is 2. The van der Waals surface area contributed by atoms with Gasteiger partial charge in [0, 0.05) is 25.2 Å². The molecule has 3 atom stereocenters.